The highest BCUT2D eigenvalue weighted by Gasteiger charge is 2.30. The molecule has 0 heterocycles. The number of hydrogen-bond acceptors (Lipinski definition) is 7. The van der Waals surface area contributed by atoms with Crippen LogP contribution >= 0.6 is 0 Å². The van der Waals surface area contributed by atoms with Crippen molar-refractivity contribution in [3.63, 3.8) is 0 Å². The monoisotopic (exact) mass is 521 g/mol. The molecule has 206 valence electrons. The van der Waals surface area contributed by atoms with Gasteiger partial charge in [-0.15, -0.1) is 0 Å². The Kier molecular flexibility index (Phi) is 13.6. The molecule has 1 aromatic carbocycles. The number of amides is 3. The van der Waals surface area contributed by atoms with Crippen molar-refractivity contribution in [2.24, 2.45) is 28.1 Å². The van der Waals surface area contributed by atoms with Crippen molar-refractivity contribution in [3.05, 3.63) is 35.9 Å². The van der Waals surface area contributed by atoms with Gasteiger partial charge in [0.1, 0.15) is 18.1 Å². The van der Waals surface area contributed by atoms with Crippen LogP contribution in [0.3, 0.4) is 0 Å². The van der Waals surface area contributed by atoms with E-state index in [1.807, 2.05) is 13.8 Å². The molecule has 0 fully saturated rings. The summed E-state index contributed by atoms with van der Waals surface area (Å²) in [5.74, 6) is -3.43. The predicted molar refractivity (Wildman–Crippen MR) is 138 cm³/mol. The quantitative estimate of drug-likeness (QED) is 0.0694. The molecule has 4 unspecified atom stereocenters. The number of aliphatic hydroxyl groups excluding tert-OH is 1. The summed E-state index contributed by atoms with van der Waals surface area (Å²) >= 11 is 0. The number of aliphatic hydroxyl groups is 1. The zero-order valence-corrected chi connectivity index (χ0v) is 21.2. The lowest BCUT2D eigenvalue weighted by Crippen LogP contribution is -2.58. The summed E-state index contributed by atoms with van der Waals surface area (Å²) in [5, 5.41) is 26.5. The van der Waals surface area contributed by atoms with E-state index >= 15 is 0 Å². The smallest absolute Gasteiger partial charge is 0.326 e. The van der Waals surface area contributed by atoms with E-state index < -0.39 is 54.5 Å². The third-order valence-electron chi connectivity index (χ3n) is 5.35. The summed E-state index contributed by atoms with van der Waals surface area (Å²) in [6.45, 7) is 3.20. The Hall–Kier alpha value is -3.71. The van der Waals surface area contributed by atoms with Gasteiger partial charge in [0.25, 0.3) is 0 Å². The summed E-state index contributed by atoms with van der Waals surface area (Å²) < 4.78 is 0. The van der Waals surface area contributed by atoms with Crippen LogP contribution in [0.4, 0.5) is 0 Å². The highest BCUT2D eigenvalue weighted by molar-refractivity contribution is 5.94. The lowest BCUT2D eigenvalue weighted by Gasteiger charge is -2.24. The minimum Gasteiger partial charge on any atom is -0.480 e. The first-order chi connectivity index (χ1) is 17.4. The topological polar surface area (TPSA) is 235 Å². The van der Waals surface area contributed by atoms with Crippen LogP contribution in [-0.2, 0) is 25.6 Å². The van der Waals surface area contributed by atoms with Gasteiger partial charge in [-0.05, 0) is 30.7 Å². The van der Waals surface area contributed by atoms with Gasteiger partial charge in [0.2, 0.25) is 17.7 Å². The number of aliphatic carboxylic acids is 1. The van der Waals surface area contributed by atoms with Gasteiger partial charge in [-0.3, -0.25) is 19.4 Å². The van der Waals surface area contributed by atoms with Gasteiger partial charge < -0.3 is 43.4 Å². The molecule has 37 heavy (non-hydrogen) atoms. The van der Waals surface area contributed by atoms with Crippen LogP contribution in [0.15, 0.2) is 35.3 Å². The van der Waals surface area contributed by atoms with Crippen molar-refractivity contribution in [1.29, 1.82) is 0 Å². The van der Waals surface area contributed by atoms with Crippen LogP contribution in [0.25, 0.3) is 0 Å². The zero-order valence-electron chi connectivity index (χ0n) is 21.2. The molecule has 13 heteroatoms. The molecule has 0 saturated carbocycles. The maximum Gasteiger partial charge on any atom is 0.326 e. The number of carbonyl (C=O) groups is 4. The molecule has 0 saturated heterocycles. The van der Waals surface area contributed by atoms with E-state index in [2.05, 4.69) is 20.9 Å². The second-order valence-corrected chi connectivity index (χ2v) is 9.08. The summed E-state index contributed by atoms with van der Waals surface area (Å²) in [5.41, 5.74) is 17.2. The molecule has 0 aliphatic carbocycles. The Bertz CT molecular complexity index is 921. The van der Waals surface area contributed by atoms with E-state index in [9.17, 15) is 29.4 Å². The highest BCUT2D eigenvalue weighted by atomic mass is 16.4. The molecule has 11 N–H and O–H groups in total. The summed E-state index contributed by atoms with van der Waals surface area (Å²) in [4.78, 5) is 53.7. The van der Waals surface area contributed by atoms with Crippen LogP contribution in [0, 0.1) is 5.92 Å². The number of nitrogens with two attached hydrogens (primary N) is 3. The number of carbonyl (C=O) groups excluding carboxylic acids is 3. The molecule has 4 atom stereocenters. The van der Waals surface area contributed by atoms with E-state index in [1.165, 1.54) is 0 Å². The maximum atomic E-state index is 13.1. The van der Waals surface area contributed by atoms with Crippen molar-refractivity contribution in [3.8, 4) is 0 Å². The van der Waals surface area contributed by atoms with Gasteiger partial charge >= 0.3 is 5.97 Å². The average molecular weight is 522 g/mol. The highest BCUT2D eigenvalue weighted by Crippen LogP contribution is 2.07. The van der Waals surface area contributed by atoms with Crippen LogP contribution in [0.5, 0.6) is 0 Å². The molecule has 13 nitrogen and oxygen atoms in total. The third-order valence-corrected chi connectivity index (χ3v) is 5.35. The summed E-state index contributed by atoms with van der Waals surface area (Å²) in [7, 11) is 0. The Morgan fingerprint density at radius 3 is 2.03 bits per heavy atom. The third kappa shape index (κ3) is 12.2. The summed E-state index contributed by atoms with van der Waals surface area (Å²) in [6.07, 6.45) is 0.805. The number of nitrogens with one attached hydrogen (secondary N) is 3. The molecular weight excluding hydrogens is 482 g/mol. The van der Waals surface area contributed by atoms with Crippen molar-refractivity contribution < 1.29 is 29.4 Å². The van der Waals surface area contributed by atoms with E-state index in [1.54, 1.807) is 30.3 Å². The Balaban J connectivity index is 2.92. The van der Waals surface area contributed by atoms with Crippen molar-refractivity contribution >= 4 is 29.7 Å². The maximum absolute atomic E-state index is 13.1. The van der Waals surface area contributed by atoms with Gasteiger partial charge in [-0.25, -0.2) is 4.79 Å². The molecule has 0 spiro atoms. The molecule has 1 rings (SSSR count). The Morgan fingerprint density at radius 1 is 0.919 bits per heavy atom. The van der Waals surface area contributed by atoms with Gasteiger partial charge in [0, 0.05) is 13.0 Å². The predicted octanol–water partition coefficient (Wildman–Crippen LogP) is -1.81. The Morgan fingerprint density at radius 2 is 1.49 bits per heavy atom. The average Bonchev–Trinajstić information content (AvgIpc) is 2.83. The largest absolute Gasteiger partial charge is 0.480 e. The van der Waals surface area contributed by atoms with Gasteiger partial charge in [0.15, 0.2) is 5.96 Å². The molecule has 0 aliphatic rings. The molecule has 0 radical (unpaired) electrons. The van der Waals surface area contributed by atoms with Crippen LogP contribution in [0.1, 0.15) is 38.7 Å². The normalized spacial score (nSPS) is 14.1. The number of nitrogens with zero attached hydrogens (tertiary/aromatic N) is 1. The van der Waals surface area contributed by atoms with E-state index in [0.29, 0.717) is 6.42 Å². The van der Waals surface area contributed by atoms with Crippen LogP contribution in [0.2, 0.25) is 0 Å². The van der Waals surface area contributed by atoms with E-state index in [-0.39, 0.29) is 37.7 Å². The number of carboxylic acid groups (broad SMARTS) is 1. The van der Waals surface area contributed by atoms with Gasteiger partial charge in [0.05, 0.1) is 12.6 Å². The first-order valence-corrected chi connectivity index (χ1v) is 12.0. The molecule has 0 bridgehead atoms. The first-order valence-electron chi connectivity index (χ1n) is 12.0. The number of hydrogen-bond donors (Lipinski definition) is 8. The van der Waals surface area contributed by atoms with Crippen LogP contribution < -0.4 is 33.2 Å². The molecular formula is C24H39N7O6. The van der Waals surface area contributed by atoms with Crippen molar-refractivity contribution in [2.75, 3.05) is 13.2 Å². The molecule has 0 aromatic heterocycles. The number of aliphatic imine (C=N–C) groups is 1. The van der Waals surface area contributed by atoms with Gasteiger partial charge in [-0.1, -0.05) is 44.2 Å². The van der Waals surface area contributed by atoms with Crippen LogP contribution in [-0.4, -0.2) is 77.2 Å². The second-order valence-electron chi connectivity index (χ2n) is 9.08. The fraction of sp³-hybridized carbons (Fsp3) is 0.542. The van der Waals surface area contributed by atoms with Gasteiger partial charge in [-0.2, -0.15) is 0 Å². The second kappa shape index (κ2) is 16.1. The number of guanidine groups is 1. The van der Waals surface area contributed by atoms with Crippen molar-refractivity contribution in [1.82, 2.24) is 16.0 Å². The lowest BCUT2D eigenvalue weighted by molar-refractivity contribution is -0.142. The molecule has 0 aliphatic heterocycles. The lowest BCUT2D eigenvalue weighted by atomic mass is 10.0. The number of rotatable bonds is 16. The Labute approximate surface area is 216 Å². The fourth-order valence-corrected chi connectivity index (χ4v) is 3.45. The first kappa shape index (κ1) is 31.3. The van der Waals surface area contributed by atoms with E-state index in [0.717, 1.165) is 5.56 Å². The number of benzene rings is 1. The zero-order chi connectivity index (χ0) is 28.0. The minimum absolute atomic E-state index is 0.0182. The summed E-state index contributed by atoms with van der Waals surface area (Å²) in [6, 6.07) is 4.24. The molecule has 3 amide bonds. The number of carboxylic acids is 1. The fourth-order valence-electron chi connectivity index (χ4n) is 3.45. The molecule has 1 aromatic rings. The minimum atomic E-state index is -1.45. The van der Waals surface area contributed by atoms with E-state index in [4.69, 9.17) is 17.2 Å². The standard InChI is InChI=1S/C24H39N7O6/c1-14(2)11-16(25)20(33)30-18(12-15-7-4-3-5-8-15)21(34)31-19(13-32)22(35)29-17(23(36)37)9-6-10-28-24(26)27/h3-5,7-8,14,16-19,32H,6,9-13,25H2,1-2H3,(H,29,35)(H,30,33)(H,31,34)(H,36,37)(H4,26,27,28). The SMILES string of the molecule is CC(C)CC(N)C(=O)NC(Cc1ccccc1)C(=O)NC(CO)C(=O)NC(CCCN=C(N)N)C(=O)O. The van der Waals surface area contributed by atoms with Crippen molar-refractivity contribution in [2.45, 2.75) is 63.7 Å².